The molecule has 6 heteroatoms. The Labute approximate surface area is 108 Å². The van der Waals surface area contributed by atoms with Crippen molar-refractivity contribution in [3.8, 4) is 0 Å². The number of amides is 1. The minimum atomic E-state index is -0.979. The zero-order chi connectivity index (χ0) is 13.4. The van der Waals surface area contributed by atoms with Gasteiger partial charge >= 0.3 is 5.97 Å². The molecule has 2 aromatic rings. The van der Waals surface area contributed by atoms with Crippen LogP contribution in [0, 0.1) is 5.92 Å². The molecule has 1 aromatic heterocycles. The van der Waals surface area contributed by atoms with Crippen molar-refractivity contribution in [1.29, 1.82) is 0 Å². The predicted octanol–water partition coefficient (Wildman–Crippen LogP) is 1.16. The summed E-state index contributed by atoms with van der Waals surface area (Å²) < 4.78 is 0. The van der Waals surface area contributed by atoms with Gasteiger partial charge < -0.3 is 10.4 Å². The van der Waals surface area contributed by atoms with Crippen LogP contribution in [0.15, 0.2) is 24.4 Å². The number of rotatable bonds is 4. The number of aromatic amines is 1. The summed E-state index contributed by atoms with van der Waals surface area (Å²) in [5.74, 6) is -1.30. The summed E-state index contributed by atoms with van der Waals surface area (Å²) in [5, 5.41) is 19.2. The fraction of sp³-hybridized carbons (Fsp3) is 0.308. The van der Waals surface area contributed by atoms with E-state index in [4.69, 9.17) is 5.11 Å². The average Bonchev–Trinajstić information content (AvgIpc) is 3.11. The zero-order valence-electron chi connectivity index (χ0n) is 10.1. The van der Waals surface area contributed by atoms with Gasteiger partial charge in [0.2, 0.25) is 0 Å². The number of nitrogens with one attached hydrogen (secondary N) is 2. The van der Waals surface area contributed by atoms with Gasteiger partial charge in [-0.3, -0.25) is 9.89 Å². The minimum Gasteiger partial charge on any atom is -0.480 e. The highest BCUT2D eigenvalue weighted by molar-refractivity contribution is 6.06. The lowest BCUT2D eigenvalue weighted by molar-refractivity contribution is -0.139. The van der Waals surface area contributed by atoms with E-state index in [1.54, 1.807) is 18.3 Å². The van der Waals surface area contributed by atoms with Crippen LogP contribution in [0.1, 0.15) is 23.2 Å². The molecule has 0 saturated heterocycles. The first kappa shape index (κ1) is 11.7. The molecule has 19 heavy (non-hydrogen) atoms. The molecule has 1 heterocycles. The zero-order valence-corrected chi connectivity index (χ0v) is 10.1. The Balaban J connectivity index is 1.87. The molecule has 1 fully saturated rings. The lowest BCUT2D eigenvalue weighted by Gasteiger charge is -2.13. The fourth-order valence-electron chi connectivity index (χ4n) is 2.19. The maximum absolute atomic E-state index is 12.2. The number of carboxylic acids is 1. The third kappa shape index (κ3) is 2.16. The number of carboxylic acid groups (broad SMARTS) is 1. The summed E-state index contributed by atoms with van der Waals surface area (Å²) >= 11 is 0. The van der Waals surface area contributed by atoms with E-state index in [0.29, 0.717) is 11.1 Å². The van der Waals surface area contributed by atoms with Crippen LogP contribution in [0.4, 0.5) is 0 Å². The maximum atomic E-state index is 12.2. The second-order valence-electron chi connectivity index (χ2n) is 4.77. The molecule has 6 nitrogen and oxygen atoms in total. The van der Waals surface area contributed by atoms with Gasteiger partial charge in [0.15, 0.2) is 0 Å². The van der Waals surface area contributed by atoms with E-state index < -0.39 is 12.0 Å². The Morgan fingerprint density at radius 3 is 2.89 bits per heavy atom. The number of H-pyrrole nitrogens is 1. The van der Waals surface area contributed by atoms with E-state index in [-0.39, 0.29) is 11.8 Å². The Hall–Kier alpha value is -2.37. The number of carbonyl (C=O) groups is 2. The molecule has 0 radical (unpaired) electrons. The molecule has 1 aliphatic carbocycles. The van der Waals surface area contributed by atoms with Crippen LogP contribution in [-0.4, -0.2) is 33.2 Å². The number of fused-ring (bicyclic) bond motifs is 1. The second-order valence-corrected chi connectivity index (χ2v) is 4.77. The number of carbonyl (C=O) groups excluding carboxylic acids is 1. The van der Waals surface area contributed by atoms with Gasteiger partial charge in [-0.25, -0.2) is 4.79 Å². The van der Waals surface area contributed by atoms with E-state index in [9.17, 15) is 9.59 Å². The van der Waals surface area contributed by atoms with Gasteiger partial charge in [0, 0.05) is 5.39 Å². The number of hydrogen-bond donors (Lipinski definition) is 3. The van der Waals surface area contributed by atoms with Crippen molar-refractivity contribution in [2.45, 2.75) is 18.9 Å². The van der Waals surface area contributed by atoms with E-state index in [1.807, 2.05) is 6.07 Å². The van der Waals surface area contributed by atoms with Gasteiger partial charge in [0.05, 0.1) is 17.3 Å². The molecule has 3 N–H and O–H groups in total. The first-order chi connectivity index (χ1) is 9.16. The fourth-order valence-corrected chi connectivity index (χ4v) is 2.19. The van der Waals surface area contributed by atoms with Crippen molar-refractivity contribution in [2.24, 2.45) is 5.92 Å². The minimum absolute atomic E-state index is 0.0578. The number of hydrogen-bond acceptors (Lipinski definition) is 3. The molecule has 1 aliphatic rings. The molecule has 1 unspecified atom stereocenters. The number of para-hydroxylation sites is 1. The van der Waals surface area contributed by atoms with Gasteiger partial charge in [-0.1, -0.05) is 12.1 Å². The molecule has 3 rings (SSSR count). The second kappa shape index (κ2) is 4.38. The molecule has 98 valence electrons. The van der Waals surface area contributed by atoms with Crippen LogP contribution in [-0.2, 0) is 4.79 Å². The molecule has 0 aliphatic heterocycles. The topological polar surface area (TPSA) is 95.1 Å². The highest BCUT2D eigenvalue weighted by Gasteiger charge is 2.37. The van der Waals surface area contributed by atoms with Crippen molar-refractivity contribution in [2.75, 3.05) is 0 Å². The van der Waals surface area contributed by atoms with Gasteiger partial charge in [-0.15, -0.1) is 0 Å². The standard InChI is InChI=1S/C13H13N3O3/c17-12(15-11(13(18)19)7-4-5-7)9-3-1-2-8-6-14-16-10(8)9/h1-3,6-7,11H,4-5H2,(H,14,16)(H,15,17)(H,18,19). The van der Waals surface area contributed by atoms with Crippen LogP contribution in [0.25, 0.3) is 10.9 Å². The van der Waals surface area contributed by atoms with Crippen LogP contribution >= 0.6 is 0 Å². The SMILES string of the molecule is O=C(NC(C(=O)O)C1CC1)c1cccc2cn[nH]c12. The average molecular weight is 259 g/mol. The Kier molecular flexibility index (Phi) is 2.70. The summed E-state index contributed by atoms with van der Waals surface area (Å²) in [6.45, 7) is 0. The van der Waals surface area contributed by atoms with E-state index in [2.05, 4.69) is 15.5 Å². The smallest absolute Gasteiger partial charge is 0.326 e. The van der Waals surface area contributed by atoms with E-state index in [1.165, 1.54) is 0 Å². The Morgan fingerprint density at radius 2 is 2.21 bits per heavy atom. The molecule has 0 bridgehead atoms. The number of benzene rings is 1. The highest BCUT2D eigenvalue weighted by Crippen LogP contribution is 2.33. The number of nitrogens with zero attached hydrogens (tertiary/aromatic N) is 1. The highest BCUT2D eigenvalue weighted by atomic mass is 16.4. The summed E-state index contributed by atoms with van der Waals surface area (Å²) in [6, 6.07) is 4.44. The van der Waals surface area contributed by atoms with Crippen molar-refractivity contribution >= 4 is 22.8 Å². The van der Waals surface area contributed by atoms with Crippen molar-refractivity contribution in [3.05, 3.63) is 30.0 Å². The van der Waals surface area contributed by atoms with E-state index in [0.717, 1.165) is 18.2 Å². The van der Waals surface area contributed by atoms with Crippen LogP contribution in [0.3, 0.4) is 0 Å². The van der Waals surface area contributed by atoms with Crippen LogP contribution in [0.5, 0.6) is 0 Å². The predicted molar refractivity (Wildman–Crippen MR) is 67.7 cm³/mol. The lowest BCUT2D eigenvalue weighted by Crippen LogP contribution is -2.42. The molecule has 0 spiro atoms. The summed E-state index contributed by atoms with van der Waals surface area (Å²) in [6.07, 6.45) is 3.33. The van der Waals surface area contributed by atoms with Gasteiger partial charge in [-0.2, -0.15) is 5.10 Å². The summed E-state index contributed by atoms with van der Waals surface area (Å²) in [7, 11) is 0. The van der Waals surface area contributed by atoms with Gasteiger partial charge in [0.1, 0.15) is 6.04 Å². The maximum Gasteiger partial charge on any atom is 0.326 e. The number of aromatic nitrogens is 2. The molecular weight excluding hydrogens is 246 g/mol. The molecular formula is C13H13N3O3. The van der Waals surface area contributed by atoms with Crippen LogP contribution in [0.2, 0.25) is 0 Å². The van der Waals surface area contributed by atoms with Crippen molar-refractivity contribution in [1.82, 2.24) is 15.5 Å². The Morgan fingerprint density at radius 1 is 1.42 bits per heavy atom. The summed E-state index contributed by atoms with van der Waals surface area (Å²) in [4.78, 5) is 23.3. The van der Waals surface area contributed by atoms with Crippen molar-refractivity contribution < 1.29 is 14.7 Å². The first-order valence-electron chi connectivity index (χ1n) is 6.12. The van der Waals surface area contributed by atoms with Gasteiger partial charge in [-0.05, 0) is 24.8 Å². The van der Waals surface area contributed by atoms with E-state index >= 15 is 0 Å². The Bertz CT molecular complexity index is 645. The first-order valence-corrected chi connectivity index (χ1v) is 6.12. The quantitative estimate of drug-likeness (QED) is 0.767. The summed E-state index contributed by atoms with van der Waals surface area (Å²) in [5.41, 5.74) is 1.04. The monoisotopic (exact) mass is 259 g/mol. The third-order valence-corrected chi connectivity index (χ3v) is 3.37. The molecule has 1 aromatic carbocycles. The lowest BCUT2D eigenvalue weighted by atomic mass is 10.1. The van der Waals surface area contributed by atoms with Crippen molar-refractivity contribution in [3.63, 3.8) is 0 Å². The largest absolute Gasteiger partial charge is 0.480 e. The molecule has 1 amide bonds. The molecule has 1 atom stereocenters. The third-order valence-electron chi connectivity index (χ3n) is 3.37. The number of aliphatic carboxylic acids is 1. The normalized spacial score (nSPS) is 16.2. The van der Waals surface area contributed by atoms with Gasteiger partial charge in [0.25, 0.3) is 5.91 Å². The molecule has 1 saturated carbocycles. The van der Waals surface area contributed by atoms with Crippen LogP contribution < -0.4 is 5.32 Å².